The Balaban J connectivity index is 2.26. The van der Waals surface area contributed by atoms with Crippen LogP contribution in [0.2, 0.25) is 0 Å². The molecule has 1 unspecified atom stereocenters. The predicted molar refractivity (Wildman–Crippen MR) is 64.1 cm³/mol. The van der Waals surface area contributed by atoms with Crippen molar-refractivity contribution in [3.63, 3.8) is 0 Å². The molecule has 0 bridgehead atoms. The molecule has 7 heteroatoms. The van der Waals surface area contributed by atoms with Gasteiger partial charge in [0, 0.05) is 0 Å². The number of amides is 1. The topological polar surface area (TPSA) is 79.3 Å². The van der Waals surface area contributed by atoms with Crippen LogP contribution in [0.1, 0.15) is 16.7 Å². The molecule has 2 rings (SSSR count). The smallest absolute Gasteiger partial charge is 0.325 e. The highest BCUT2D eigenvalue weighted by atomic mass is 32.1. The fraction of sp³-hybridized carbons (Fsp3) is 0.182. The summed E-state index contributed by atoms with van der Waals surface area (Å²) in [5.74, 6) is -2.11. The number of halogens is 1. The lowest BCUT2D eigenvalue weighted by molar-refractivity contribution is -0.138. The zero-order valence-corrected chi connectivity index (χ0v) is 10.1. The third-order valence-corrected chi connectivity index (χ3v) is 3.28. The van der Waals surface area contributed by atoms with E-state index >= 15 is 0 Å². The summed E-state index contributed by atoms with van der Waals surface area (Å²) in [4.78, 5) is 26.3. The van der Waals surface area contributed by atoms with Crippen molar-refractivity contribution >= 4 is 33.4 Å². The molecule has 0 aliphatic rings. The number of rotatable bonds is 3. The fourth-order valence-corrected chi connectivity index (χ4v) is 2.21. The first-order chi connectivity index (χ1) is 8.47. The fourth-order valence-electron chi connectivity index (χ4n) is 1.32. The summed E-state index contributed by atoms with van der Waals surface area (Å²) in [6, 6.07) is 3.01. The van der Waals surface area contributed by atoms with Crippen molar-refractivity contribution in [1.29, 1.82) is 0 Å². The van der Waals surface area contributed by atoms with Gasteiger partial charge >= 0.3 is 5.97 Å². The maximum absolute atomic E-state index is 13.0. The van der Waals surface area contributed by atoms with Gasteiger partial charge in [0.05, 0.1) is 10.2 Å². The first-order valence-electron chi connectivity index (χ1n) is 5.07. The summed E-state index contributed by atoms with van der Waals surface area (Å²) >= 11 is 1.02. The lowest BCUT2D eigenvalue weighted by Crippen LogP contribution is -2.38. The van der Waals surface area contributed by atoms with Gasteiger partial charge in [-0.05, 0) is 25.1 Å². The van der Waals surface area contributed by atoms with Gasteiger partial charge in [-0.25, -0.2) is 9.37 Å². The standard InChI is InChI=1S/C11H9FN2O3S/c1-5(11(16)17)13-9(15)10-14-7-3-2-6(12)4-8(7)18-10/h2-5H,1H3,(H,13,15)(H,16,17). The Morgan fingerprint density at radius 1 is 1.50 bits per heavy atom. The molecule has 2 N–H and O–H groups in total. The van der Waals surface area contributed by atoms with Gasteiger partial charge in [-0.3, -0.25) is 9.59 Å². The van der Waals surface area contributed by atoms with E-state index in [0.29, 0.717) is 10.2 Å². The van der Waals surface area contributed by atoms with E-state index in [-0.39, 0.29) is 5.01 Å². The molecule has 1 aromatic heterocycles. The molecule has 1 atom stereocenters. The SMILES string of the molecule is CC(NC(=O)c1nc2ccc(F)cc2s1)C(=O)O. The van der Waals surface area contributed by atoms with E-state index in [1.807, 2.05) is 0 Å². The van der Waals surface area contributed by atoms with Crippen LogP contribution in [-0.4, -0.2) is 28.0 Å². The average molecular weight is 268 g/mol. The molecule has 0 aliphatic heterocycles. The largest absolute Gasteiger partial charge is 0.480 e. The third-order valence-electron chi connectivity index (χ3n) is 2.26. The average Bonchev–Trinajstić information content (AvgIpc) is 2.71. The molecule has 0 fully saturated rings. The van der Waals surface area contributed by atoms with Crippen LogP contribution in [0.5, 0.6) is 0 Å². The Kier molecular flexibility index (Phi) is 3.24. The lowest BCUT2D eigenvalue weighted by Gasteiger charge is -2.06. The van der Waals surface area contributed by atoms with Gasteiger partial charge in [-0.1, -0.05) is 0 Å². The maximum atomic E-state index is 13.0. The van der Waals surface area contributed by atoms with Crippen LogP contribution >= 0.6 is 11.3 Å². The number of aromatic nitrogens is 1. The van der Waals surface area contributed by atoms with Gasteiger partial charge in [0.25, 0.3) is 5.91 Å². The van der Waals surface area contributed by atoms with Crippen molar-refractivity contribution in [2.75, 3.05) is 0 Å². The predicted octanol–water partition coefficient (Wildman–Crippen LogP) is 1.64. The van der Waals surface area contributed by atoms with Gasteiger partial charge in [-0.15, -0.1) is 11.3 Å². The molecule has 0 aliphatic carbocycles. The van der Waals surface area contributed by atoms with Crippen LogP contribution in [-0.2, 0) is 4.79 Å². The minimum absolute atomic E-state index is 0.115. The Morgan fingerprint density at radius 3 is 2.89 bits per heavy atom. The molecule has 0 radical (unpaired) electrons. The highest BCUT2D eigenvalue weighted by Crippen LogP contribution is 2.22. The molecule has 5 nitrogen and oxygen atoms in total. The first-order valence-corrected chi connectivity index (χ1v) is 5.89. The van der Waals surface area contributed by atoms with E-state index in [9.17, 15) is 14.0 Å². The van der Waals surface area contributed by atoms with E-state index in [4.69, 9.17) is 5.11 Å². The number of carboxylic acid groups (broad SMARTS) is 1. The molecule has 2 aromatic rings. The summed E-state index contributed by atoms with van der Waals surface area (Å²) in [5, 5.41) is 11.1. The normalized spacial score (nSPS) is 12.3. The molecule has 1 aromatic carbocycles. The zero-order valence-electron chi connectivity index (χ0n) is 9.31. The van der Waals surface area contributed by atoms with Crippen LogP contribution in [0.4, 0.5) is 4.39 Å². The molecular weight excluding hydrogens is 259 g/mol. The third kappa shape index (κ3) is 2.45. The van der Waals surface area contributed by atoms with E-state index in [1.165, 1.54) is 25.1 Å². The van der Waals surface area contributed by atoms with Crippen molar-refractivity contribution in [3.8, 4) is 0 Å². The van der Waals surface area contributed by atoms with E-state index in [0.717, 1.165) is 11.3 Å². The maximum Gasteiger partial charge on any atom is 0.325 e. The summed E-state index contributed by atoms with van der Waals surface area (Å²) in [5.41, 5.74) is 0.509. The quantitative estimate of drug-likeness (QED) is 0.886. The summed E-state index contributed by atoms with van der Waals surface area (Å²) < 4.78 is 13.5. The van der Waals surface area contributed by atoms with Crippen molar-refractivity contribution in [2.45, 2.75) is 13.0 Å². The number of carbonyl (C=O) groups is 2. The van der Waals surface area contributed by atoms with Crippen molar-refractivity contribution in [1.82, 2.24) is 10.3 Å². The molecular formula is C11H9FN2O3S. The molecule has 0 saturated heterocycles. The second-order valence-corrected chi connectivity index (χ2v) is 4.70. The van der Waals surface area contributed by atoms with Crippen LogP contribution in [0.25, 0.3) is 10.2 Å². The van der Waals surface area contributed by atoms with Crippen molar-refractivity contribution in [2.24, 2.45) is 0 Å². The second kappa shape index (κ2) is 4.69. The number of hydrogen-bond acceptors (Lipinski definition) is 4. The van der Waals surface area contributed by atoms with Crippen LogP contribution < -0.4 is 5.32 Å². The van der Waals surface area contributed by atoms with E-state index < -0.39 is 23.7 Å². The number of hydrogen-bond donors (Lipinski definition) is 2. The van der Waals surface area contributed by atoms with E-state index in [1.54, 1.807) is 0 Å². The molecule has 1 heterocycles. The monoisotopic (exact) mass is 268 g/mol. The number of nitrogens with zero attached hydrogens (tertiary/aromatic N) is 1. The van der Waals surface area contributed by atoms with Crippen LogP contribution in [0.15, 0.2) is 18.2 Å². The number of fused-ring (bicyclic) bond motifs is 1. The zero-order chi connectivity index (χ0) is 13.3. The van der Waals surface area contributed by atoms with Gasteiger partial charge < -0.3 is 10.4 Å². The van der Waals surface area contributed by atoms with Crippen LogP contribution in [0.3, 0.4) is 0 Å². The number of carboxylic acids is 1. The molecule has 18 heavy (non-hydrogen) atoms. The molecule has 1 amide bonds. The number of benzene rings is 1. The van der Waals surface area contributed by atoms with Crippen molar-refractivity contribution < 1.29 is 19.1 Å². The number of nitrogens with one attached hydrogen (secondary N) is 1. The van der Waals surface area contributed by atoms with Crippen LogP contribution in [0, 0.1) is 5.82 Å². The highest BCUT2D eigenvalue weighted by molar-refractivity contribution is 7.20. The highest BCUT2D eigenvalue weighted by Gasteiger charge is 2.18. The van der Waals surface area contributed by atoms with Crippen molar-refractivity contribution in [3.05, 3.63) is 29.0 Å². The second-order valence-electron chi connectivity index (χ2n) is 3.66. The van der Waals surface area contributed by atoms with Gasteiger partial charge in [0.15, 0.2) is 5.01 Å². The Bertz CT molecular complexity index is 626. The summed E-state index contributed by atoms with van der Waals surface area (Å²) in [6.45, 7) is 1.35. The first kappa shape index (κ1) is 12.4. The Morgan fingerprint density at radius 2 is 2.22 bits per heavy atom. The summed E-state index contributed by atoms with van der Waals surface area (Å²) in [6.07, 6.45) is 0. The minimum atomic E-state index is -1.13. The Hall–Kier alpha value is -2.02. The lowest BCUT2D eigenvalue weighted by atomic mass is 10.3. The van der Waals surface area contributed by atoms with Gasteiger partial charge in [0.2, 0.25) is 0 Å². The Labute approximate surface area is 105 Å². The number of thiazole rings is 1. The minimum Gasteiger partial charge on any atom is -0.480 e. The number of aliphatic carboxylic acids is 1. The molecule has 94 valence electrons. The van der Waals surface area contributed by atoms with Gasteiger partial charge in [0.1, 0.15) is 11.9 Å². The molecule has 0 spiro atoms. The van der Waals surface area contributed by atoms with Gasteiger partial charge in [-0.2, -0.15) is 0 Å². The summed E-state index contributed by atoms with van der Waals surface area (Å²) in [7, 11) is 0. The van der Waals surface area contributed by atoms with E-state index in [2.05, 4.69) is 10.3 Å². The number of carbonyl (C=O) groups excluding carboxylic acids is 1. The molecule has 0 saturated carbocycles.